The van der Waals surface area contributed by atoms with Gasteiger partial charge in [0, 0.05) is 24.0 Å². The van der Waals surface area contributed by atoms with Crippen LogP contribution in [-0.2, 0) is 11.2 Å². The average molecular weight is 509 g/mol. The number of hydrogen-bond acceptors (Lipinski definition) is 6. The Morgan fingerprint density at radius 1 is 1.00 bits per heavy atom. The van der Waals surface area contributed by atoms with Gasteiger partial charge in [-0.25, -0.2) is 0 Å². The summed E-state index contributed by atoms with van der Waals surface area (Å²) in [4.78, 5) is 32.1. The van der Waals surface area contributed by atoms with Gasteiger partial charge in [0.25, 0.3) is 5.91 Å². The van der Waals surface area contributed by atoms with Crippen LogP contribution in [0.15, 0.2) is 53.9 Å². The number of methoxy groups -OCH3 is 3. The van der Waals surface area contributed by atoms with Crippen LogP contribution in [0, 0.1) is 0 Å². The van der Waals surface area contributed by atoms with Gasteiger partial charge in [0.2, 0.25) is 5.91 Å². The molecular formula is C28H32N2O5S. The van der Waals surface area contributed by atoms with Crippen molar-refractivity contribution in [1.82, 2.24) is 9.80 Å². The molecule has 7 nitrogen and oxygen atoms in total. The van der Waals surface area contributed by atoms with Crippen molar-refractivity contribution in [3.8, 4) is 17.2 Å². The van der Waals surface area contributed by atoms with Crippen molar-refractivity contribution >= 4 is 23.2 Å². The summed E-state index contributed by atoms with van der Waals surface area (Å²) in [7, 11) is 4.72. The highest BCUT2D eigenvalue weighted by Crippen LogP contribution is 2.38. The molecule has 0 spiro atoms. The second-order valence-electron chi connectivity index (χ2n) is 8.60. The van der Waals surface area contributed by atoms with Gasteiger partial charge >= 0.3 is 0 Å². The Labute approximate surface area is 216 Å². The maximum absolute atomic E-state index is 13.8. The third-order valence-corrected chi connectivity index (χ3v) is 7.46. The molecule has 1 aliphatic rings. The Morgan fingerprint density at radius 3 is 2.39 bits per heavy atom. The quantitative estimate of drug-likeness (QED) is 0.415. The average Bonchev–Trinajstić information content (AvgIpc) is 3.40. The molecule has 2 heterocycles. The molecule has 2 aromatic carbocycles. The van der Waals surface area contributed by atoms with Crippen LogP contribution in [0.25, 0.3) is 0 Å². The van der Waals surface area contributed by atoms with Crippen LogP contribution in [0.4, 0.5) is 0 Å². The number of nitrogens with zero attached hydrogens (tertiary/aromatic N) is 2. The lowest BCUT2D eigenvalue weighted by molar-refractivity contribution is -0.134. The van der Waals surface area contributed by atoms with E-state index in [-0.39, 0.29) is 24.4 Å². The molecule has 0 aliphatic carbocycles. The number of rotatable bonds is 9. The Balaban J connectivity index is 1.61. The van der Waals surface area contributed by atoms with Gasteiger partial charge in [-0.1, -0.05) is 19.1 Å². The van der Waals surface area contributed by atoms with Gasteiger partial charge in [0.05, 0.1) is 32.9 Å². The highest BCUT2D eigenvalue weighted by molar-refractivity contribution is 7.10. The summed E-state index contributed by atoms with van der Waals surface area (Å²) in [6.45, 7) is 3.05. The van der Waals surface area contributed by atoms with Crippen molar-refractivity contribution in [2.24, 2.45) is 0 Å². The number of ether oxygens (including phenoxy) is 3. The topological polar surface area (TPSA) is 68.3 Å². The van der Waals surface area contributed by atoms with Gasteiger partial charge in [0.15, 0.2) is 0 Å². The van der Waals surface area contributed by atoms with E-state index in [0.717, 1.165) is 29.7 Å². The highest BCUT2D eigenvalue weighted by atomic mass is 32.1. The summed E-state index contributed by atoms with van der Waals surface area (Å²) in [5.41, 5.74) is 2.58. The monoisotopic (exact) mass is 508 g/mol. The lowest BCUT2D eigenvalue weighted by Gasteiger charge is -2.37. The second kappa shape index (κ2) is 11.5. The van der Waals surface area contributed by atoms with Crippen LogP contribution in [0.2, 0.25) is 0 Å². The zero-order chi connectivity index (χ0) is 25.7. The molecule has 4 rings (SSSR count). The Hall–Kier alpha value is -3.52. The number of thiophene rings is 1. The summed E-state index contributed by atoms with van der Waals surface area (Å²) in [5.74, 6) is 1.47. The van der Waals surface area contributed by atoms with Crippen LogP contribution < -0.4 is 14.2 Å². The van der Waals surface area contributed by atoms with E-state index in [1.807, 2.05) is 36.1 Å². The van der Waals surface area contributed by atoms with Gasteiger partial charge in [-0.05, 0) is 59.7 Å². The molecule has 1 atom stereocenters. The first-order chi connectivity index (χ1) is 17.5. The van der Waals surface area contributed by atoms with Gasteiger partial charge in [-0.3, -0.25) is 9.59 Å². The SMILES string of the molecule is CCCN(CC(=O)N1CCc2sccc2C1c1ccc(OC)cc1)C(=O)c1ccc(OC)cc1OC. The molecule has 0 saturated heterocycles. The third-order valence-electron chi connectivity index (χ3n) is 6.46. The lowest BCUT2D eigenvalue weighted by atomic mass is 9.93. The van der Waals surface area contributed by atoms with Gasteiger partial charge in [-0.15, -0.1) is 11.3 Å². The van der Waals surface area contributed by atoms with Crippen molar-refractivity contribution in [3.05, 3.63) is 75.5 Å². The number of carbonyl (C=O) groups excluding carboxylic acids is 2. The predicted molar refractivity (Wildman–Crippen MR) is 140 cm³/mol. The third kappa shape index (κ3) is 5.18. The van der Waals surface area contributed by atoms with E-state index in [4.69, 9.17) is 14.2 Å². The van der Waals surface area contributed by atoms with Crippen LogP contribution >= 0.6 is 11.3 Å². The van der Waals surface area contributed by atoms with Crippen LogP contribution in [-0.4, -0.2) is 62.6 Å². The zero-order valence-electron chi connectivity index (χ0n) is 21.2. The second-order valence-corrected chi connectivity index (χ2v) is 9.61. The first kappa shape index (κ1) is 25.6. The van der Waals surface area contributed by atoms with Crippen LogP contribution in [0.5, 0.6) is 17.2 Å². The van der Waals surface area contributed by atoms with Gasteiger partial charge in [0.1, 0.15) is 23.8 Å². The lowest BCUT2D eigenvalue weighted by Crippen LogP contribution is -2.47. The number of amides is 2. The first-order valence-electron chi connectivity index (χ1n) is 12.0. The van der Waals surface area contributed by atoms with Crippen LogP contribution in [0.1, 0.15) is 45.7 Å². The maximum Gasteiger partial charge on any atom is 0.258 e. The fourth-order valence-electron chi connectivity index (χ4n) is 4.65. The Kier molecular flexibility index (Phi) is 8.15. The molecule has 36 heavy (non-hydrogen) atoms. The molecule has 190 valence electrons. The predicted octanol–water partition coefficient (Wildman–Crippen LogP) is 4.80. The summed E-state index contributed by atoms with van der Waals surface area (Å²) in [5, 5.41) is 2.08. The fourth-order valence-corrected chi connectivity index (χ4v) is 5.56. The minimum Gasteiger partial charge on any atom is -0.497 e. The summed E-state index contributed by atoms with van der Waals surface area (Å²) in [6, 6.07) is 14.8. The van der Waals surface area contributed by atoms with Crippen molar-refractivity contribution in [2.45, 2.75) is 25.8 Å². The summed E-state index contributed by atoms with van der Waals surface area (Å²) in [6.07, 6.45) is 1.54. The normalized spacial score (nSPS) is 14.7. The minimum absolute atomic E-state index is 0.00597. The molecule has 1 unspecified atom stereocenters. The van der Waals surface area contributed by atoms with E-state index < -0.39 is 0 Å². The van der Waals surface area contributed by atoms with Crippen molar-refractivity contribution in [1.29, 1.82) is 0 Å². The molecule has 0 saturated carbocycles. The smallest absolute Gasteiger partial charge is 0.258 e. The van der Waals surface area contributed by atoms with E-state index in [1.54, 1.807) is 48.7 Å². The largest absolute Gasteiger partial charge is 0.497 e. The molecule has 2 amide bonds. The molecule has 8 heteroatoms. The molecule has 1 aliphatic heterocycles. The van der Waals surface area contributed by atoms with Crippen molar-refractivity contribution in [3.63, 3.8) is 0 Å². The van der Waals surface area contributed by atoms with E-state index in [9.17, 15) is 9.59 Å². The molecule has 0 bridgehead atoms. The summed E-state index contributed by atoms with van der Waals surface area (Å²) >= 11 is 1.73. The Morgan fingerprint density at radius 2 is 1.72 bits per heavy atom. The van der Waals surface area contributed by atoms with Gasteiger partial charge in [-0.2, -0.15) is 0 Å². The van der Waals surface area contributed by atoms with E-state index in [2.05, 4.69) is 11.4 Å². The number of hydrogen-bond donors (Lipinski definition) is 0. The van der Waals surface area contributed by atoms with E-state index in [0.29, 0.717) is 30.2 Å². The molecule has 0 radical (unpaired) electrons. The standard InChI is InChI=1S/C28H32N2O5S/c1-5-14-29(28(32)22-11-10-21(34-3)17-24(22)35-4)18-26(31)30-15-12-25-23(13-16-36-25)27(30)19-6-8-20(33-2)9-7-19/h6-11,13,16-17,27H,5,12,14-15,18H2,1-4H3. The first-order valence-corrected chi connectivity index (χ1v) is 12.9. The minimum atomic E-state index is -0.237. The molecule has 3 aromatic rings. The molecule has 1 aromatic heterocycles. The van der Waals surface area contributed by atoms with E-state index >= 15 is 0 Å². The van der Waals surface area contributed by atoms with E-state index in [1.165, 1.54) is 12.0 Å². The number of benzene rings is 2. The maximum atomic E-state index is 13.8. The van der Waals surface area contributed by atoms with Crippen molar-refractivity contribution in [2.75, 3.05) is 41.0 Å². The molecular weight excluding hydrogens is 476 g/mol. The van der Waals surface area contributed by atoms with Crippen molar-refractivity contribution < 1.29 is 23.8 Å². The Bertz CT molecular complexity index is 1210. The molecule has 0 N–H and O–H groups in total. The van der Waals surface area contributed by atoms with Crippen LogP contribution in [0.3, 0.4) is 0 Å². The molecule has 0 fully saturated rings. The number of fused-ring (bicyclic) bond motifs is 1. The highest BCUT2D eigenvalue weighted by Gasteiger charge is 2.34. The summed E-state index contributed by atoms with van der Waals surface area (Å²) < 4.78 is 16.0. The number of carbonyl (C=O) groups is 2. The zero-order valence-corrected chi connectivity index (χ0v) is 22.0. The fraction of sp³-hybridized carbons (Fsp3) is 0.357. The van der Waals surface area contributed by atoms with Gasteiger partial charge < -0.3 is 24.0 Å².